The van der Waals surface area contributed by atoms with Crippen molar-refractivity contribution in [2.24, 2.45) is 0 Å². The van der Waals surface area contributed by atoms with Crippen molar-refractivity contribution in [1.82, 2.24) is 9.80 Å². The molecule has 1 N–H and O–H groups in total. The number of ether oxygens (including phenoxy) is 1. The van der Waals surface area contributed by atoms with Gasteiger partial charge < -0.3 is 15.0 Å². The van der Waals surface area contributed by atoms with Gasteiger partial charge in [0.1, 0.15) is 6.61 Å². The highest BCUT2D eigenvalue weighted by molar-refractivity contribution is 6.33. The summed E-state index contributed by atoms with van der Waals surface area (Å²) in [5, 5.41) is 3.26. The van der Waals surface area contributed by atoms with Gasteiger partial charge in [0.25, 0.3) is 0 Å². The summed E-state index contributed by atoms with van der Waals surface area (Å²) in [5.41, 5.74) is 0.568. The Balaban J connectivity index is 1.64. The van der Waals surface area contributed by atoms with E-state index < -0.39 is 12.8 Å². The minimum atomic E-state index is -4.28. The molecule has 0 bridgehead atoms. The molecule has 0 unspecified atom stereocenters. The van der Waals surface area contributed by atoms with Gasteiger partial charge in [0.05, 0.1) is 10.7 Å². The molecule has 0 atom stereocenters. The molecule has 140 valence electrons. The number of hydrogen-bond donors (Lipinski definition) is 1. The van der Waals surface area contributed by atoms with Crippen LogP contribution in [-0.4, -0.2) is 67.9 Å². The van der Waals surface area contributed by atoms with E-state index in [0.717, 1.165) is 0 Å². The predicted molar refractivity (Wildman–Crippen MR) is 90.0 cm³/mol. The van der Waals surface area contributed by atoms with Crippen LogP contribution in [-0.2, 0) is 4.74 Å². The molecule has 1 aromatic rings. The first kappa shape index (κ1) is 19.8. The van der Waals surface area contributed by atoms with Crippen LogP contribution in [0.2, 0.25) is 5.02 Å². The molecular weight excluding hydrogens is 359 g/mol. The minimum absolute atomic E-state index is 0.0761. The second-order valence-electron chi connectivity index (χ2n) is 5.76. The van der Waals surface area contributed by atoms with Gasteiger partial charge in [-0.2, -0.15) is 13.2 Å². The molecule has 2 rings (SSSR count). The molecule has 0 radical (unpaired) electrons. The van der Waals surface area contributed by atoms with E-state index in [1.54, 1.807) is 29.2 Å². The van der Waals surface area contributed by atoms with Crippen LogP contribution in [0.5, 0.6) is 0 Å². The van der Waals surface area contributed by atoms with Crippen molar-refractivity contribution in [3.05, 3.63) is 29.3 Å². The van der Waals surface area contributed by atoms with Crippen molar-refractivity contribution in [3.63, 3.8) is 0 Å². The van der Waals surface area contributed by atoms with Gasteiger partial charge in [-0.3, -0.25) is 4.90 Å². The molecule has 25 heavy (non-hydrogen) atoms. The zero-order chi connectivity index (χ0) is 18.3. The highest BCUT2D eigenvalue weighted by atomic mass is 35.5. The summed E-state index contributed by atoms with van der Waals surface area (Å²) >= 11 is 6.02. The lowest BCUT2D eigenvalue weighted by atomic mass is 10.3. The maximum absolute atomic E-state index is 12.2. The van der Waals surface area contributed by atoms with E-state index in [9.17, 15) is 18.0 Å². The number of nitrogens with zero attached hydrogens (tertiary/aromatic N) is 2. The number of benzene rings is 1. The summed E-state index contributed by atoms with van der Waals surface area (Å²) in [4.78, 5) is 16.0. The number of rotatable bonds is 6. The highest BCUT2D eigenvalue weighted by Crippen LogP contribution is 2.21. The average Bonchev–Trinajstić information content (AvgIpc) is 2.56. The molecular formula is C16H21ClF3N3O2. The van der Waals surface area contributed by atoms with Crippen LogP contribution in [0.1, 0.15) is 6.42 Å². The SMILES string of the molecule is O=C(Nc1ccccc1Cl)N1CCN(CCCOCC(F)(F)F)CC1. The van der Waals surface area contributed by atoms with Crippen molar-refractivity contribution >= 4 is 23.3 Å². The fraction of sp³-hybridized carbons (Fsp3) is 0.562. The first-order valence-electron chi connectivity index (χ1n) is 8.02. The first-order chi connectivity index (χ1) is 11.8. The lowest BCUT2D eigenvalue weighted by Crippen LogP contribution is -2.50. The Hall–Kier alpha value is -1.51. The van der Waals surface area contributed by atoms with Gasteiger partial charge in [0.2, 0.25) is 0 Å². The van der Waals surface area contributed by atoms with Gasteiger partial charge in [-0.1, -0.05) is 23.7 Å². The molecule has 1 heterocycles. The predicted octanol–water partition coefficient (Wildman–Crippen LogP) is 3.46. The van der Waals surface area contributed by atoms with Crippen LogP contribution >= 0.6 is 11.6 Å². The van der Waals surface area contributed by atoms with E-state index in [1.807, 2.05) is 0 Å². The third-order valence-electron chi connectivity index (χ3n) is 3.80. The Labute approximate surface area is 149 Å². The second kappa shape index (κ2) is 9.26. The molecule has 0 spiro atoms. The van der Waals surface area contributed by atoms with Crippen LogP contribution in [0.4, 0.5) is 23.7 Å². The van der Waals surface area contributed by atoms with Crippen LogP contribution < -0.4 is 5.32 Å². The molecule has 2 amide bonds. The lowest BCUT2D eigenvalue weighted by molar-refractivity contribution is -0.174. The molecule has 0 aliphatic carbocycles. The normalized spacial score (nSPS) is 16.1. The summed E-state index contributed by atoms with van der Waals surface area (Å²) in [5.74, 6) is 0. The van der Waals surface area contributed by atoms with E-state index in [-0.39, 0.29) is 12.6 Å². The third kappa shape index (κ3) is 7.09. The Morgan fingerprint density at radius 1 is 1.20 bits per heavy atom. The van der Waals surface area contributed by atoms with Crippen LogP contribution in [0.25, 0.3) is 0 Å². The summed E-state index contributed by atoms with van der Waals surface area (Å²) in [6, 6.07) is 6.81. The first-order valence-corrected chi connectivity index (χ1v) is 8.40. The van der Waals surface area contributed by atoms with E-state index in [4.69, 9.17) is 11.6 Å². The van der Waals surface area contributed by atoms with Crippen LogP contribution in [0.15, 0.2) is 24.3 Å². The number of carbonyl (C=O) groups excluding carboxylic acids is 1. The van der Waals surface area contributed by atoms with Crippen molar-refractivity contribution in [1.29, 1.82) is 0 Å². The van der Waals surface area contributed by atoms with E-state index in [2.05, 4.69) is 15.0 Å². The largest absolute Gasteiger partial charge is 0.411 e. The summed E-state index contributed by atoms with van der Waals surface area (Å²) in [6.07, 6.45) is -3.75. The van der Waals surface area contributed by atoms with Crippen LogP contribution in [0, 0.1) is 0 Å². The van der Waals surface area contributed by atoms with Crippen molar-refractivity contribution < 1.29 is 22.7 Å². The number of amides is 2. The zero-order valence-electron chi connectivity index (χ0n) is 13.7. The summed E-state index contributed by atoms with van der Waals surface area (Å²) < 4.78 is 40.4. The molecule has 9 heteroatoms. The standard InChI is InChI=1S/C16H21ClF3N3O2/c17-13-4-1-2-5-14(13)21-15(24)23-9-7-22(8-10-23)6-3-11-25-12-16(18,19)20/h1-2,4-5H,3,6-12H2,(H,21,24). The average molecular weight is 380 g/mol. The molecule has 1 saturated heterocycles. The number of urea groups is 1. The van der Waals surface area contributed by atoms with Gasteiger partial charge in [0, 0.05) is 39.3 Å². The Morgan fingerprint density at radius 3 is 2.52 bits per heavy atom. The lowest BCUT2D eigenvalue weighted by Gasteiger charge is -2.34. The Kier molecular flexibility index (Phi) is 7.34. The smallest absolute Gasteiger partial charge is 0.372 e. The number of alkyl halides is 3. The number of nitrogens with one attached hydrogen (secondary N) is 1. The van der Waals surface area contributed by atoms with Crippen molar-refractivity contribution in [2.75, 3.05) is 51.3 Å². The molecule has 1 aliphatic heterocycles. The maximum Gasteiger partial charge on any atom is 0.411 e. The van der Waals surface area contributed by atoms with E-state index in [0.29, 0.717) is 49.9 Å². The number of piperazine rings is 1. The Bertz CT molecular complexity index is 564. The van der Waals surface area contributed by atoms with Crippen molar-refractivity contribution in [2.45, 2.75) is 12.6 Å². The van der Waals surface area contributed by atoms with E-state index >= 15 is 0 Å². The molecule has 5 nitrogen and oxygen atoms in total. The fourth-order valence-electron chi connectivity index (χ4n) is 2.51. The minimum Gasteiger partial charge on any atom is -0.372 e. The highest BCUT2D eigenvalue weighted by Gasteiger charge is 2.27. The van der Waals surface area contributed by atoms with Gasteiger partial charge in [0.15, 0.2) is 0 Å². The number of carbonyl (C=O) groups is 1. The number of hydrogen-bond acceptors (Lipinski definition) is 3. The molecule has 0 aromatic heterocycles. The fourth-order valence-corrected chi connectivity index (χ4v) is 2.69. The van der Waals surface area contributed by atoms with Gasteiger partial charge >= 0.3 is 12.2 Å². The second-order valence-corrected chi connectivity index (χ2v) is 6.17. The van der Waals surface area contributed by atoms with Crippen LogP contribution in [0.3, 0.4) is 0 Å². The van der Waals surface area contributed by atoms with E-state index in [1.165, 1.54) is 0 Å². The van der Waals surface area contributed by atoms with Gasteiger partial charge in [-0.25, -0.2) is 4.79 Å². The Morgan fingerprint density at radius 2 is 1.88 bits per heavy atom. The van der Waals surface area contributed by atoms with Crippen molar-refractivity contribution in [3.8, 4) is 0 Å². The maximum atomic E-state index is 12.2. The molecule has 0 saturated carbocycles. The summed E-state index contributed by atoms with van der Waals surface area (Å²) in [6.45, 7) is 1.98. The van der Waals surface area contributed by atoms with Gasteiger partial charge in [-0.05, 0) is 18.6 Å². The molecule has 1 aliphatic rings. The monoisotopic (exact) mass is 379 g/mol. The quantitative estimate of drug-likeness (QED) is 0.770. The summed E-state index contributed by atoms with van der Waals surface area (Å²) in [7, 11) is 0. The van der Waals surface area contributed by atoms with Gasteiger partial charge in [-0.15, -0.1) is 0 Å². The topological polar surface area (TPSA) is 44.8 Å². The molecule has 1 fully saturated rings. The molecule has 1 aromatic carbocycles. The third-order valence-corrected chi connectivity index (χ3v) is 4.13. The number of anilines is 1. The number of para-hydroxylation sites is 1. The zero-order valence-corrected chi connectivity index (χ0v) is 14.4. The number of halogens is 4.